The highest BCUT2D eigenvalue weighted by molar-refractivity contribution is 5.94. The van der Waals surface area contributed by atoms with Crippen molar-refractivity contribution in [3.05, 3.63) is 60.8 Å². The van der Waals surface area contributed by atoms with Gasteiger partial charge in [-0.1, -0.05) is 12.1 Å². The summed E-state index contributed by atoms with van der Waals surface area (Å²) in [4.78, 5) is 37.7. The first-order valence-corrected chi connectivity index (χ1v) is 13.3. The number of hydrogen-bond donors (Lipinski definition) is 2. The molecule has 3 aromatic rings. The minimum absolute atomic E-state index is 0.102. The fraction of sp³-hybridized carbons (Fsp3) is 0.379. The maximum Gasteiger partial charge on any atom is 0.253 e. The number of ether oxygens (including phenoxy) is 2. The van der Waals surface area contributed by atoms with Gasteiger partial charge in [-0.25, -0.2) is 9.97 Å². The average molecular weight is 531 g/mol. The highest BCUT2D eigenvalue weighted by atomic mass is 16.5. The summed E-state index contributed by atoms with van der Waals surface area (Å²) in [6, 6.07) is 17.6. The molecule has 2 fully saturated rings. The zero-order valence-electron chi connectivity index (χ0n) is 22.1. The first kappa shape index (κ1) is 26.6. The molecule has 0 aliphatic carbocycles. The van der Waals surface area contributed by atoms with Crippen molar-refractivity contribution < 1.29 is 19.1 Å². The van der Waals surface area contributed by atoms with Gasteiger partial charge in [-0.2, -0.15) is 0 Å². The van der Waals surface area contributed by atoms with E-state index < -0.39 is 0 Å². The molecular weight excluding hydrogens is 496 g/mol. The molecule has 10 nitrogen and oxygen atoms in total. The molecule has 2 amide bonds. The molecule has 0 radical (unpaired) electrons. The van der Waals surface area contributed by atoms with Crippen LogP contribution in [0.1, 0.15) is 19.3 Å². The Morgan fingerprint density at radius 1 is 1.00 bits per heavy atom. The minimum Gasteiger partial charge on any atom is -0.384 e. The van der Waals surface area contributed by atoms with Gasteiger partial charge in [-0.15, -0.1) is 0 Å². The molecule has 0 spiro atoms. The van der Waals surface area contributed by atoms with Crippen molar-refractivity contribution in [1.82, 2.24) is 14.9 Å². The molecule has 0 saturated carbocycles. The van der Waals surface area contributed by atoms with Gasteiger partial charge < -0.3 is 29.9 Å². The van der Waals surface area contributed by atoms with Gasteiger partial charge in [0.05, 0.1) is 18.7 Å². The van der Waals surface area contributed by atoms with Crippen molar-refractivity contribution in [2.75, 3.05) is 62.0 Å². The topological polar surface area (TPSA) is 109 Å². The summed E-state index contributed by atoms with van der Waals surface area (Å²) in [6.07, 6.45) is 3.47. The molecule has 2 N–H and O–H groups in total. The Bertz CT molecular complexity index is 1250. The lowest BCUT2D eigenvalue weighted by Gasteiger charge is -2.36. The third-order valence-electron chi connectivity index (χ3n) is 6.97. The van der Waals surface area contributed by atoms with Crippen LogP contribution in [0.3, 0.4) is 0 Å². The number of hydrogen-bond acceptors (Lipinski definition) is 8. The predicted molar refractivity (Wildman–Crippen MR) is 150 cm³/mol. The first-order chi connectivity index (χ1) is 19.1. The zero-order valence-corrected chi connectivity index (χ0v) is 22.1. The maximum absolute atomic E-state index is 12.3. The summed E-state index contributed by atoms with van der Waals surface area (Å²) in [5, 5.41) is 6.19. The van der Waals surface area contributed by atoms with Crippen LogP contribution >= 0.6 is 0 Å². The summed E-state index contributed by atoms with van der Waals surface area (Å²) in [7, 11) is 1.61. The number of amides is 2. The lowest BCUT2D eigenvalue weighted by atomic mass is 10.1. The van der Waals surface area contributed by atoms with Crippen LogP contribution in [0.5, 0.6) is 0 Å². The lowest BCUT2D eigenvalue weighted by Crippen LogP contribution is -2.49. The van der Waals surface area contributed by atoms with E-state index in [0.717, 1.165) is 54.3 Å². The van der Waals surface area contributed by atoms with Gasteiger partial charge in [0.1, 0.15) is 6.10 Å². The number of carbonyl (C=O) groups is 2. The minimum atomic E-state index is -0.360. The SMILES string of the molecule is COCCC(=O)N1CCN(c2ccc(Nc3nccc(-c4ccc(NC(=O)[C@@H]5CCCO5)cc4)n3)cc2)CC1. The second-order valence-corrected chi connectivity index (χ2v) is 9.62. The lowest BCUT2D eigenvalue weighted by molar-refractivity contribution is -0.132. The number of piperazine rings is 1. The second-order valence-electron chi connectivity index (χ2n) is 9.62. The Hall–Kier alpha value is -4.02. The van der Waals surface area contributed by atoms with Crippen LogP contribution in [0.4, 0.5) is 23.0 Å². The summed E-state index contributed by atoms with van der Waals surface area (Å²) in [5.74, 6) is 0.546. The van der Waals surface area contributed by atoms with Crippen molar-refractivity contribution in [3.8, 4) is 11.3 Å². The van der Waals surface area contributed by atoms with Gasteiger partial charge in [0.25, 0.3) is 5.91 Å². The molecule has 2 aliphatic rings. The Balaban J connectivity index is 1.15. The Labute approximate surface area is 228 Å². The van der Waals surface area contributed by atoms with Crippen LogP contribution < -0.4 is 15.5 Å². The molecule has 10 heteroatoms. The van der Waals surface area contributed by atoms with Gasteiger partial charge in [-0.3, -0.25) is 9.59 Å². The Morgan fingerprint density at radius 3 is 2.44 bits per heavy atom. The first-order valence-electron chi connectivity index (χ1n) is 13.3. The number of rotatable bonds is 9. The van der Waals surface area contributed by atoms with E-state index in [1.54, 1.807) is 13.3 Å². The van der Waals surface area contributed by atoms with E-state index in [9.17, 15) is 9.59 Å². The molecule has 2 aliphatic heterocycles. The van der Waals surface area contributed by atoms with E-state index in [1.807, 2.05) is 47.4 Å². The third-order valence-corrected chi connectivity index (χ3v) is 6.97. The monoisotopic (exact) mass is 530 g/mol. The normalized spacial score (nSPS) is 17.2. The van der Waals surface area contributed by atoms with Crippen LogP contribution in [0.2, 0.25) is 0 Å². The number of nitrogens with one attached hydrogen (secondary N) is 2. The molecule has 3 heterocycles. The van der Waals surface area contributed by atoms with E-state index in [0.29, 0.717) is 38.7 Å². The highest BCUT2D eigenvalue weighted by Crippen LogP contribution is 2.24. The van der Waals surface area contributed by atoms with Crippen LogP contribution in [-0.4, -0.2) is 79.3 Å². The van der Waals surface area contributed by atoms with Gasteiger partial charge in [0.15, 0.2) is 0 Å². The smallest absolute Gasteiger partial charge is 0.253 e. The fourth-order valence-electron chi connectivity index (χ4n) is 4.76. The summed E-state index contributed by atoms with van der Waals surface area (Å²) < 4.78 is 10.5. The largest absolute Gasteiger partial charge is 0.384 e. The molecule has 2 saturated heterocycles. The average Bonchev–Trinajstić information content (AvgIpc) is 3.53. The summed E-state index contributed by atoms with van der Waals surface area (Å²) in [5.41, 5.74) is 4.43. The fourth-order valence-corrected chi connectivity index (χ4v) is 4.76. The van der Waals surface area contributed by atoms with Gasteiger partial charge >= 0.3 is 0 Å². The molecule has 1 atom stereocenters. The molecule has 204 valence electrons. The molecule has 1 aromatic heterocycles. The van der Waals surface area contributed by atoms with E-state index in [4.69, 9.17) is 9.47 Å². The van der Waals surface area contributed by atoms with Gasteiger partial charge in [-0.05, 0) is 55.3 Å². The zero-order chi connectivity index (χ0) is 27.0. The van der Waals surface area contributed by atoms with Gasteiger partial charge in [0, 0.05) is 68.7 Å². The quantitative estimate of drug-likeness (QED) is 0.431. The van der Waals surface area contributed by atoms with Crippen LogP contribution in [-0.2, 0) is 19.1 Å². The number of benzene rings is 2. The Kier molecular flexibility index (Phi) is 8.65. The van der Waals surface area contributed by atoms with Crippen molar-refractivity contribution >= 4 is 34.8 Å². The van der Waals surface area contributed by atoms with E-state index in [2.05, 4.69) is 37.6 Å². The maximum atomic E-state index is 12.3. The van der Waals surface area contributed by atoms with Crippen molar-refractivity contribution in [2.45, 2.75) is 25.4 Å². The number of anilines is 4. The standard InChI is InChI=1S/C29H34N6O4/c1-38-20-13-27(36)35-17-15-34(16-18-35)24-10-8-23(9-11-24)32-29-30-14-12-25(33-29)21-4-6-22(7-5-21)31-28(37)26-3-2-19-39-26/h4-12,14,26H,2-3,13,15-20H2,1H3,(H,31,37)(H,30,32,33)/t26-/m0/s1. The molecule has 39 heavy (non-hydrogen) atoms. The van der Waals surface area contributed by atoms with E-state index in [1.165, 1.54) is 0 Å². The predicted octanol–water partition coefficient (Wildman–Crippen LogP) is 3.69. The van der Waals surface area contributed by atoms with Crippen molar-refractivity contribution in [2.24, 2.45) is 0 Å². The number of methoxy groups -OCH3 is 1. The Morgan fingerprint density at radius 2 is 1.74 bits per heavy atom. The molecule has 5 rings (SSSR count). The van der Waals surface area contributed by atoms with Crippen molar-refractivity contribution in [1.29, 1.82) is 0 Å². The van der Waals surface area contributed by atoms with Crippen molar-refractivity contribution in [3.63, 3.8) is 0 Å². The summed E-state index contributed by atoms with van der Waals surface area (Å²) in [6.45, 7) is 4.13. The van der Waals surface area contributed by atoms with E-state index in [-0.39, 0.29) is 17.9 Å². The number of carbonyl (C=O) groups excluding carboxylic acids is 2. The van der Waals surface area contributed by atoms with Crippen LogP contribution in [0.15, 0.2) is 60.8 Å². The number of nitrogens with zero attached hydrogens (tertiary/aromatic N) is 4. The van der Waals surface area contributed by atoms with Crippen LogP contribution in [0, 0.1) is 0 Å². The second kappa shape index (κ2) is 12.7. The van der Waals surface area contributed by atoms with Gasteiger partial charge in [0.2, 0.25) is 11.9 Å². The number of aromatic nitrogens is 2. The van der Waals surface area contributed by atoms with E-state index >= 15 is 0 Å². The van der Waals surface area contributed by atoms with Crippen LogP contribution in [0.25, 0.3) is 11.3 Å². The molecule has 0 unspecified atom stereocenters. The molecule has 2 aromatic carbocycles. The molecule has 0 bridgehead atoms. The molecular formula is C29H34N6O4. The summed E-state index contributed by atoms with van der Waals surface area (Å²) >= 11 is 0. The third kappa shape index (κ3) is 6.90. The highest BCUT2D eigenvalue weighted by Gasteiger charge is 2.23.